The Kier molecular flexibility index (Phi) is 7.15. The molecule has 0 aromatic heterocycles. The van der Waals surface area contributed by atoms with Crippen molar-refractivity contribution < 1.29 is 9.53 Å². The summed E-state index contributed by atoms with van der Waals surface area (Å²) in [6, 6.07) is 7.68. The summed E-state index contributed by atoms with van der Waals surface area (Å²) in [5.41, 5.74) is 1.84. The highest BCUT2D eigenvalue weighted by molar-refractivity contribution is 5.95. The molecule has 4 nitrogen and oxygen atoms in total. The highest BCUT2D eigenvalue weighted by Gasteiger charge is 2.32. The number of carbonyl (C=O) groups excluding carboxylic acids is 1. The zero-order valence-corrected chi connectivity index (χ0v) is 13.6. The first-order valence-corrected chi connectivity index (χ1v) is 7.20. The largest absolute Gasteiger partial charge is 0.384 e. The Bertz CT molecular complexity index is 454. The molecule has 0 aliphatic carbocycles. The molecule has 1 amide bonds. The molecule has 2 N–H and O–H groups in total. The summed E-state index contributed by atoms with van der Waals surface area (Å²) in [6.45, 7) is 5.32. The standard InChI is InChI=1S/C16H24N2O2.ClH/c1-13-5-3-4-6-14(13)15(19)18-11-16(12-20-2)7-9-17-10-8-16;/h3-6,17H,7-12H2,1-2H3,(H,18,19);1H. The second kappa shape index (κ2) is 8.37. The van der Waals surface area contributed by atoms with Crippen LogP contribution in [-0.2, 0) is 4.74 Å². The molecule has 0 saturated carbocycles. The zero-order valence-electron chi connectivity index (χ0n) is 12.8. The Labute approximate surface area is 133 Å². The number of methoxy groups -OCH3 is 1. The van der Waals surface area contributed by atoms with Gasteiger partial charge in [-0.3, -0.25) is 4.79 Å². The number of piperidine rings is 1. The van der Waals surface area contributed by atoms with Gasteiger partial charge < -0.3 is 15.4 Å². The Hall–Kier alpha value is -1.10. The number of nitrogens with one attached hydrogen (secondary N) is 2. The van der Waals surface area contributed by atoms with Crippen molar-refractivity contribution in [2.45, 2.75) is 19.8 Å². The first-order valence-electron chi connectivity index (χ1n) is 7.20. The van der Waals surface area contributed by atoms with E-state index in [1.54, 1.807) is 7.11 Å². The van der Waals surface area contributed by atoms with Crippen LogP contribution >= 0.6 is 12.4 Å². The maximum atomic E-state index is 12.3. The lowest BCUT2D eigenvalue weighted by Crippen LogP contribution is -2.47. The van der Waals surface area contributed by atoms with Gasteiger partial charge in [-0.1, -0.05) is 18.2 Å². The van der Waals surface area contributed by atoms with Crippen LogP contribution in [0.3, 0.4) is 0 Å². The number of halogens is 1. The first-order chi connectivity index (χ1) is 9.67. The molecule has 118 valence electrons. The Morgan fingerprint density at radius 2 is 2.00 bits per heavy atom. The summed E-state index contributed by atoms with van der Waals surface area (Å²) in [6.07, 6.45) is 2.07. The van der Waals surface area contributed by atoms with Crippen LogP contribution in [0.25, 0.3) is 0 Å². The van der Waals surface area contributed by atoms with Crippen molar-refractivity contribution in [1.29, 1.82) is 0 Å². The van der Waals surface area contributed by atoms with E-state index in [1.165, 1.54) is 0 Å². The predicted octanol–water partition coefficient (Wildman–Crippen LogP) is 2.16. The average Bonchev–Trinajstić information content (AvgIpc) is 2.47. The van der Waals surface area contributed by atoms with Gasteiger partial charge in [0.25, 0.3) is 5.91 Å². The molecule has 0 bridgehead atoms. The molecule has 0 radical (unpaired) electrons. The molecule has 0 atom stereocenters. The zero-order chi connectivity index (χ0) is 14.4. The summed E-state index contributed by atoms with van der Waals surface area (Å²) >= 11 is 0. The van der Waals surface area contributed by atoms with E-state index in [2.05, 4.69) is 10.6 Å². The van der Waals surface area contributed by atoms with Crippen LogP contribution in [0.2, 0.25) is 0 Å². The van der Waals surface area contributed by atoms with Gasteiger partial charge in [-0.25, -0.2) is 0 Å². The molecule has 1 aromatic rings. The van der Waals surface area contributed by atoms with E-state index in [4.69, 9.17) is 4.74 Å². The quantitative estimate of drug-likeness (QED) is 0.876. The summed E-state index contributed by atoms with van der Waals surface area (Å²) in [5.74, 6) is 0.0112. The maximum absolute atomic E-state index is 12.3. The molecule has 1 fully saturated rings. The third kappa shape index (κ3) is 4.70. The smallest absolute Gasteiger partial charge is 0.251 e. The number of aryl methyl sites for hydroxylation is 1. The van der Waals surface area contributed by atoms with Gasteiger partial charge in [0, 0.05) is 24.6 Å². The Balaban J connectivity index is 0.00000220. The van der Waals surface area contributed by atoms with Gasteiger partial charge in [0.1, 0.15) is 0 Å². The second-order valence-electron chi connectivity index (χ2n) is 5.68. The van der Waals surface area contributed by atoms with Crippen molar-refractivity contribution in [1.82, 2.24) is 10.6 Å². The molecule has 0 unspecified atom stereocenters. The fourth-order valence-corrected chi connectivity index (χ4v) is 2.83. The van der Waals surface area contributed by atoms with E-state index in [-0.39, 0.29) is 23.7 Å². The number of benzene rings is 1. The summed E-state index contributed by atoms with van der Waals surface area (Å²) in [5, 5.41) is 6.45. The third-order valence-corrected chi connectivity index (χ3v) is 4.13. The molecule has 21 heavy (non-hydrogen) atoms. The molecule has 1 aliphatic heterocycles. The fourth-order valence-electron chi connectivity index (χ4n) is 2.83. The molecule has 1 aromatic carbocycles. The highest BCUT2D eigenvalue weighted by Crippen LogP contribution is 2.28. The van der Waals surface area contributed by atoms with E-state index < -0.39 is 0 Å². The van der Waals surface area contributed by atoms with Gasteiger partial charge in [0.2, 0.25) is 0 Å². The number of rotatable bonds is 5. The average molecular weight is 313 g/mol. The molecule has 5 heteroatoms. The van der Waals surface area contributed by atoms with Gasteiger partial charge >= 0.3 is 0 Å². The van der Waals surface area contributed by atoms with Crippen molar-refractivity contribution in [3.63, 3.8) is 0 Å². The number of amides is 1. The lowest BCUT2D eigenvalue weighted by molar-refractivity contribution is 0.0511. The third-order valence-electron chi connectivity index (χ3n) is 4.13. The molecule has 2 rings (SSSR count). The van der Waals surface area contributed by atoms with Gasteiger partial charge in [-0.2, -0.15) is 0 Å². The van der Waals surface area contributed by atoms with Crippen LogP contribution in [0.4, 0.5) is 0 Å². The molecular weight excluding hydrogens is 288 g/mol. The van der Waals surface area contributed by atoms with Crippen molar-refractivity contribution >= 4 is 18.3 Å². The van der Waals surface area contributed by atoms with Crippen LogP contribution in [-0.4, -0.2) is 39.3 Å². The van der Waals surface area contributed by atoms with E-state index in [1.807, 2.05) is 31.2 Å². The summed E-state index contributed by atoms with van der Waals surface area (Å²) < 4.78 is 5.37. The summed E-state index contributed by atoms with van der Waals surface area (Å²) in [7, 11) is 1.73. The van der Waals surface area contributed by atoms with E-state index in [0.29, 0.717) is 13.2 Å². The van der Waals surface area contributed by atoms with E-state index in [9.17, 15) is 4.79 Å². The van der Waals surface area contributed by atoms with E-state index >= 15 is 0 Å². The minimum absolute atomic E-state index is 0. The highest BCUT2D eigenvalue weighted by atomic mass is 35.5. The van der Waals surface area contributed by atoms with Crippen LogP contribution < -0.4 is 10.6 Å². The van der Waals surface area contributed by atoms with Crippen LogP contribution in [0.15, 0.2) is 24.3 Å². The van der Waals surface area contributed by atoms with Crippen molar-refractivity contribution in [3.05, 3.63) is 35.4 Å². The number of carbonyl (C=O) groups is 1. The van der Waals surface area contributed by atoms with Crippen LogP contribution in [0, 0.1) is 12.3 Å². The lowest BCUT2D eigenvalue weighted by atomic mass is 9.79. The minimum atomic E-state index is 0. The normalized spacial score (nSPS) is 16.9. The monoisotopic (exact) mass is 312 g/mol. The number of hydrogen-bond donors (Lipinski definition) is 2. The van der Waals surface area contributed by atoms with E-state index in [0.717, 1.165) is 37.1 Å². The SMILES string of the molecule is COCC1(CNC(=O)c2ccccc2C)CCNCC1.Cl. The minimum Gasteiger partial charge on any atom is -0.384 e. The maximum Gasteiger partial charge on any atom is 0.251 e. The second-order valence-corrected chi connectivity index (χ2v) is 5.68. The van der Waals surface area contributed by atoms with Crippen LogP contribution in [0.5, 0.6) is 0 Å². The van der Waals surface area contributed by atoms with Gasteiger partial charge in [0.05, 0.1) is 6.61 Å². The predicted molar refractivity (Wildman–Crippen MR) is 87.2 cm³/mol. The molecule has 1 heterocycles. The molecule has 0 spiro atoms. The molecule has 1 saturated heterocycles. The van der Waals surface area contributed by atoms with Gasteiger partial charge in [0.15, 0.2) is 0 Å². The summed E-state index contributed by atoms with van der Waals surface area (Å²) in [4.78, 5) is 12.3. The first kappa shape index (κ1) is 18.0. The Morgan fingerprint density at radius 1 is 1.33 bits per heavy atom. The van der Waals surface area contributed by atoms with Gasteiger partial charge in [-0.05, 0) is 44.5 Å². The molecule has 1 aliphatic rings. The van der Waals surface area contributed by atoms with Gasteiger partial charge in [-0.15, -0.1) is 12.4 Å². The number of hydrogen-bond acceptors (Lipinski definition) is 3. The lowest BCUT2D eigenvalue weighted by Gasteiger charge is -2.37. The van der Waals surface area contributed by atoms with Crippen molar-refractivity contribution in [3.8, 4) is 0 Å². The Morgan fingerprint density at radius 3 is 2.62 bits per heavy atom. The van der Waals surface area contributed by atoms with Crippen LogP contribution in [0.1, 0.15) is 28.8 Å². The van der Waals surface area contributed by atoms with Crippen molar-refractivity contribution in [2.75, 3.05) is 33.4 Å². The fraction of sp³-hybridized carbons (Fsp3) is 0.562. The number of ether oxygens (including phenoxy) is 1. The topological polar surface area (TPSA) is 50.4 Å². The van der Waals surface area contributed by atoms with Crippen molar-refractivity contribution in [2.24, 2.45) is 5.41 Å². The molecular formula is C16H25ClN2O2.